The van der Waals surface area contributed by atoms with E-state index in [4.69, 9.17) is 9.05 Å². The van der Waals surface area contributed by atoms with E-state index in [0.717, 1.165) is 89.9 Å². The van der Waals surface area contributed by atoms with E-state index in [1.165, 1.54) is 89.9 Å². The lowest BCUT2D eigenvalue weighted by atomic mass is 10.0. The average molecular weight is 890 g/mol. The molecule has 0 heterocycles. The Morgan fingerprint density at radius 2 is 0.968 bits per heavy atom. The van der Waals surface area contributed by atoms with E-state index in [0.29, 0.717) is 23.9 Å². The molecule has 3 unspecified atom stereocenters. The van der Waals surface area contributed by atoms with Crippen molar-refractivity contribution in [2.45, 2.75) is 219 Å². The number of rotatable bonds is 45. The monoisotopic (exact) mass is 890 g/mol. The number of aliphatic hydroxyl groups is 1. The van der Waals surface area contributed by atoms with Crippen LogP contribution in [0.1, 0.15) is 206 Å². The zero-order valence-corrected chi connectivity index (χ0v) is 41.7. The van der Waals surface area contributed by atoms with Gasteiger partial charge >= 0.3 is 7.82 Å². The molecule has 8 nitrogen and oxygen atoms in total. The second kappa shape index (κ2) is 44.2. The van der Waals surface area contributed by atoms with E-state index in [1.54, 1.807) is 0 Å². The lowest BCUT2D eigenvalue weighted by Crippen LogP contribution is -2.46. The molecule has 3 atom stereocenters. The summed E-state index contributed by atoms with van der Waals surface area (Å²) in [5, 5.41) is 14.0. The van der Waals surface area contributed by atoms with E-state index in [9.17, 15) is 19.4 Å². The van der Waals surface area contributed by atoms with Crippen LogP contribution in [0.3, 0.4) is 0 Å². The van der Waals surface area contributed by atoms with Gasteiger partial charge in [-0.2, -0.15) is 0 Å². The smallest absolute Gasteiger partial charge is 0.391 e. The quantitative estimate of drug-likeness (QED) is 0.0243. The second-order valence-electron chi connectivity index (χ2n) is 18.2. The van der Waals surface area contributed by atoms with Crippen LogP contribution in [0.5, 0.6) is 0 Å². The number of hydrogen-bond acceptors (Lipinski definition) is 5. The molecule has 0 saturated carbocycles. The number of carbonyl (C=O) groups excluding carboxylic acids is 1. The molecule has 0 aromatic carbocycles. The Morgan fingerprint density at radius 3 is 1.42 bits per heavy atom. The lowest BCUT2D eigenvalue weighted by Gasteiger charge is -2.26. The lowest BCUT2D eigenvalue weighted by molar-refractivity contribution is -0.870. The minimum Gasteiger partial charge on any atom is -0.391 e. The number of hydrogen-bond donors (Lipinski definition) is 3. The first-order chi connectivity index (χ1) is 30.0. The minimum absolute atomic E-state index is 0.0679. The molecular formula is C53H98N2O6P+. The highest BCUT2D eigenvalue weighted by Gasteiger charge is 2.28. The van der Waals surface area contributed by atoms with E-state index in [-0.39, 0.29) is 19.1 Å². The van der Waals surface area contributed by atoms with Gasteiger partial charge in [0.2, 0.25) is 5.91 Å². The van der Waals surface area contributed by atoms with Crippen LogP contribution in [0, 0.1) is 0 Å². The maximum Gasteiger partial charge on any atom is 0.472 e. The summed E-state index contributed by atoms with van der Waals surface area (Å²) >= 11 is 0. The normalized spacial score (nSPS) is 14.8. The van der Waals surface area contributed by atoms with Crippen molar-refractivity contribution in [2.75, 3.05) is 40.9 Å². The van der Waals surface area contributed by atoms with Crippen molar-refractivity contribution in [1.29, 1.82) is 0 Å². The molecule has 9 heteroatoms. The highest BCUT2D eigenvalue weighted by Crippen LogP contribution is 2.43. The van der Waals surface area contributed by atoms with Crippen molar-refractivity contribution in [3.8, 4) is 0 Å². The van der Waals surface area contributed by atoms with Gasteiger partial charge in [0.05, 0.1) is 39.9 Å². The van der Waals surface area contributed by atoms with Crippen LogP contribution in [-0.2, 0) is 18.4 Å². The third-order valence-electron chi connectivity index (χ3n) is 11.0. The fourth-order valence-corrected chi connectivity index (χ4v) is 7.73. The summed E-state index contributed by atoms with van der Waals surface area (Å²) in [5.74, 6) is -0.162. The van der Waals surface area contributed by atoms with Crippen LogP contribution in [0.15, 0.2) is 72.9 Å². The Bertz CT molecular complexity index is 1240. The summed E-state index contributed by atoms with van der Waals surface area (Å²) in [6.45, 7) is 4.76. The standard InChI is InChI=1S/C53H97N2O6P/c1-6-8-10-12-14-16-18-20-22-23-24-25-26-27-28-29-30-31-33-35-37-39-41-43-45-47-53(57)54-51(50-61-62(58,59)60-49-48-55(3,4)5)52(56)46-44-42-40-38-36-34-32-21-19-17-15-13-11-9-7-2/h8,10,14,16,20,22,24-25,27-28,30-31,51-52,56H,6-7,9,11-13,15,17-19,21,23,26,29,32-50H2,1-5H3,(H-,54,57,58,59)/p+1/b10-8-,16-14-,22-20-,25-24-,28-27-,31-30-. The Hall–Kier alpha value is -2.06. The molecule has 0 radical (unpaired) electrons. The van der Waals surface area contributed by atoms with Crippen molar-refractivity contribution in [3.63, 3.8) is 0 Å². The molecule has 0 bridgehead atoms. The Kier molecular flexibility index (Phi) is 42.7. The van der Waals surface area contributed by atoms with Crippen LogP contribution in [0.2, 0.25) is 0 Å². The van der Waals surface area contributed by atoms with E-state index in [2.05, 4.69) is 92.1 Å². The average Bonchev–Trinajstić information content (AvgIpc) is 3.23. The highest BCUT2D eigenvalue weighted by molar-refractivity contribution is 7.47. The van der Waals surface area contributed by atoms with Gasteiger partial charge in [-0.15, -0.1) is 0 Å². The van der Waals surface area contributed by atoms with Gasteiger partial charge in [0.25, 0.3) is 0 Å². The number of carbonyl (C=O) groups is 1. The minimum atomic E-state index is -4.33. The SMILES string of the molecule is CC/C=C\C/C=C\C/C=C\C/C=C\C/C=C\C/C=C\CCCCCCCCC(=O)NC(COP(=O)(O)OCC[N+](C)(C)C)C(O)CCCCCCCCCCCCCCCCC. The topological polar surface area (TPSA) is 105 Å². The molecule has 0 aliphatic heterocycles. The largest absolute Gasteiger partial charge is 0.472 e. The number of quaternary nitrogens is 1. The summed E-state index contributed by atoms with van der Waals surface area (Å²) in [6, 6.07) is -0.773. The summed E-state index contributed by atoms with van der Waals surface area (Å²) in [5.41, 5.74) is 0. The fourth-order valence-electron chi connectivity index (χ4n) is 6.99. The number of nitrogens with one attached hydrogen (secondary N) is 1. The van der Waals surface area contributed by atoms with Gasteiger partial charge in [-0.1, -0.05) is 209 Å². The highest BCUT2D eigenvalue weighted by atomic mass is 31.2. The van der Waals surface area contributed by atoms with Crippen molar-refractivity contribution in [2.24, 2.45) is 0 Å². The summed E-state index contributed by atoms with van der Waals surface area (Å²) < 4.78 is 23.7. The molecular weight excluding hydrogens is 792 g/mol. The molecule has 62 heavy (non-hydrogen) atoms. The number of unbranched alkanes of at least 4 members (excludes halogenated alkanes) is 20. The number of phosphoric ester groups is 1. The number of amides is 1. The van der Waals surface area contributed by atoms with Gasteiger partial charge in [-0.25, -0.2) is 4.57 Å². The van der Waals surface area contributed by atoms with Gasteiger partial charge in [0.15, 0.2) is 0 Å². The molecule has 1 amide bonds. The first-order valence-electron chi connectivity index (χ1n) is 25.3. The maximum atomic E-state index is 12.9. The Balaban J connectivity index is 4.31. The predicted molar refractivity (Wildman–Crippen MR) is 267 cm³/mol. The molecule has 3 N–H and O–H groups in total. The van der Waals surface area contributed by atoms with Crippen molar-refractivity contribution < 1.29 is 32.9 Å². The van der Waals surface area contributed by atoms with Crippen molar-refractivity contribution in [3.05, 3.63) is 72.9 Å². The molecule has 0 fully saturated rings. The number of likely N-dealkylation sites (N-methyl/N-ethyl adjacent to an activating group) is 1. The van der Waals surface area contributed by atoms with Crippen LogP contribution >= 0.6 is 7.82 Å². The van der Waals surface area contributed by atoms with E-state index < -0.39 is 20.0 Å². The van der Waals surface area contributed by atoms with Crippen molar-refractivity contribution >= 4 is 13.7 Å². The number of phosphoric acid groups is 1. The molecule has 360 valence electrons. The van der Waals surface area contributed by atoms with Crippen LogP contribution in [0.4, 0.5) is 0 Å². The summed E-state index contributed by atoms with van der Waals surface area (Å²) in [4.78, 5) is 23.2. The molecule has 0 spiro atoms. The summed E-state index contributed by atoms with van der Waals surface area (Å²) in [7, 11) is 1.59. The third kappa shape index (κ3) is 45.9. The van der Waals surface area contributed by atoms with Gasteiger partial charge in [0, 0.05) is 6.42 Å². The third-order valence-corrected chi connectivity index (χ3v) is 12.0. The van der Waals surface area contributed by atoms with Crippen LogP contribution in [0.25, 0.3) is 0 Å². The fraction of sp³-hybridized carbons (Fsp3) is 0.755. The van der Waals surface area contributed by atoms with E-state index in [1.807, 2.05) is 21.1 Å². The molecule has 0 rings (SSSR count). The first kappa shape index (κ1) is 59.9. The molecule has 0 aromatic heterocycles. The molecule has 0 aromatic rings. The van der Waals surface area contributed by atoms with Gasteiger partial charge in [0.1, 0.15) is 13.2 Å². The van der Waals surface area contributed by atoms with Crippen molar-refractivity contribution in [1.82, 2.24) is 5.32 Å². The number of aliphatic hydroxyl groups excluding tert-OH is 1. The first-order valence-corrected chi connectivity index (χ1v) is 26.8. The van der Waals surface area contributed by atoms with Gasteiger partial charge in [-0.05, 0) is 64.2 Å². The molecule has 0 aliphatic carbocycles. The predicted octanol–water partition coefficient (Wildman–Crippen LogP) is 14.8. The zero-order valence-electron chi connectivity index (χ0n) is 40.8. The zero-order chi connectivity index (χ0) is 45.7. The van der Waals surface area contributed by atoms with Gasteiger partial charge < -0.3 is 19.8 Å². The number of allylic oxidation sites excluding steroid dienone is 12. The maximum absolute atomic E-state index is 12.9. The van der Waals surface area contributed by atoms with Crippen LogP contribution < -0.4 is 5.32 Å². The van der Waals surface area contributed by atoms with Crippen LogP contribution in [-0.4, -0.2) is 73.4 Å². The summed E-state index contributed by atoms with van der Waals surface area (Å²) in [6.07, 6.45) is 59.3. The Labute approximate surface area is 383 Å². The molecule has 0 saturated heterocycles. The Morgan fingerprint density at radius 1 is 0.565 bits per heavy atom. The number of nitrogens with zero attached hydrogens (tertiary/aromatic N) is 1. The van der Waals surface area contributed by atoms with E-state index >= 15 is 0 Å². The molecule has 0 aliphatic rings. The van der Waals surface area contributed by atoms with Gasteiger partial charge in [-0.3, -0.25) is 13.8 Å². The second-order valence-corrected chi connectivity index (χ2v) is 19.6.